The molecule has 1 unspecified atom stereocenters. The number of nitrogens with zero attached hydrogens (tertiary/aromatic N) is 2. The largest absolute Gasteiger partial charge is 0.340 e. The van der Waals surface area contributed by atoms with Gasteiger partial charge in [0.05, 0.1) is 6.04 Å². The first-order valence-electron chi connectivity index (χ1n) is 7.99. The first-order chi connectivity index (χ1) is 10.9. The number of rotatable bonds is 3. The van der Waals surface area contributed by atoms with Gasteiger partial charge in [-0.1, -0.05) is 31.5 Å². The number of hydrogen-bond acceptors (Lipinski definition) is 3. The van der Waals surface area contributed by atoms with E-state index in [1.165, 1.54) is 0 Å². The topological polar surface area (TPSA) is 66.6 Å². The normalized spacial score (nSPS) is 16.4. The van der Waals surface area contributed by atoms with Gasteiger partial charge in [-0.05, 0) is 30.5 Å². The molecule has 1 atom stereocenters. The first-order valence-corrected chi connectivity index (χ1v) is 8.37. The van der Waals surface area contributed by atoms with Crippen molar-refractivity contribution in [3.8, 4) is 0 Å². The molecule has 0 spiro atoms. The molecule has 2 rings (SSSR count). The Hall–Kier alpha value is -1.30. The first kappa shape index (κ1) is 20.7. The van der Waals surface area contributed by atoms with Gasteiger partial charge >= 0.3 is 0 Å². The van der Waals surface area contributed by atoms with Crippen molar-refractivity contribution in [2.75, 3.05) is 26.2 Å². The van der Waals surface area contributed by atoms with E-state index in [1.54, 1.807) is 34.1 Å². The average Bonchev–Trinajstić information content (AvgIpc) is 2.78. The minimum absolute atomic E-state index is 0. The van der Waals surface area contributed by atoms with Crippen molar-refractivity contribution in [3.63, 3.8) is 0 Å². The van der Waals surface area contributed by atoms with Gasteiger partial charge in [-0.25, -0.2) is 0 Å². The highest BCUT2D eigenvalue weighted by atomic mass is 35.5. The Balaban J connectivity index is 0.00000288. The maximum absolute atomic E-state index is 12.6. The van der Waals surface area contributed by atoms with E-state index in [2.05, 4.69) is 0 Å². The predicted molar refractivity (Wildman–Crippen MR) is 98.6 cm³/mol. The summed E-state index contributed by atoms with van der Waals surface area (Å²) in [6.07, 6.45) is 0.753. The molecule has 1 aromatic carbocycles. The highest BCUT2D eigenvalue weighted by Gasteiger charge is 2.27. The number of amides is 2. The van der Waals surface area contributed by atoms with E-state index in [0.717, 1.165) is 6.42 Å². The monoisotopic (exact) mass is 373 g/mol. The molecule has 2 N–H and O–H groups in total. The fraction of sp³-hybridized carbons (Fsp3) is 0.529. The zero-order valence-corrected chi connectivity index (χ0v) is 15.6. The summed E-state index contributed by atoms with van der Waals surface area (Å²) in [6, 6.07) is 6.47. The summed E-state index contributed by atoms with van der Waals surface area (Å²) in [6.45, 7) is 6.18. The highest BCUT2D eigenvalue weighted by Crippen LogP contribution is 2.15. The molecule has 1 saturated heterocycles. The molecule has 0 aliphatic carbocycles. The third kappa shape index (κ3) is 5.10. The minimum atomic E-state index is -0.481. The second kappa shape index (κ2) is 9.25. The Morgan fingerprint density at radius 3 is 2.38 bits per heavy atom. The van der Waals surface area contributed by atoms with Gasteiger partial charge in [0.25, 0.3) is 5.91 Å². The summed E-state index contributed by atoms with van der Waals surface area (Å²) in [4.78, 5) is 28.5. The van der Waals surface area contributed by atoms with Gasteiger partial charge in [0.2, 0.25) is 5.91 Å². The number of nitrogens with two attached hydrogens (primary N) is 1. The Labute approximate surface area is 154 Å². The lowest BCUT2D eigenvalue weighted by molar-refractivity contribution is -0.133. The molecule has 0 aromatic heterocycles. The van der Waals surface area contributed by atoms with Crippen molar-refractivity contribution in [2.45, 2.75) is 26.3 Å². The van der Waals surface area contributed by atoms with Gasteiger partial charge in [-0.15, -0.1) is 12.4 Å². The second-order valence-electron chi connectivity index (χ2n) is 6.25. The molecule has 0 bridgehead atoms. The zero-order valence-electron chi connectivity index (χ0n) is 14.1. The highest BCUT2D eigenvalue weighted by molar-refractivity contribution is 6.30. The van der Waals surface area contributed by atoms with Gasteiger partial charge in [-0.3, -0.25) is 9.59 Å². The van der Waals surface area contributed by atoms with Crippen LogP contribution in [0.15, 0.2) is 24.3 Å². The van der Waals surface area contributed by atoms with Crippen molar-refractivity contribution < 1.29 is 9.59 Å². The van der Waals surface area contributed by atoms with Gasteiger partial charge in [0.15, 0.2) is 0 Å². The summed E-state index contributed by atoms with van der Waals surface area (Å²) in [5.41, 5.74) is 6.54. The Morgan fingerprint density at radius 1 is 1.12 bits per heavy atom. The fourth-order valence-electron chi connectivity index (χ4n) is 2.64. The molecule has 5 nitrogen and oxygen atoms in total. The maximum Gasteiger partial charge on any atom is 0.253 e. The van der Waals surface area contributed by atoms with Gasteiger partial charge in [0.1, 0.15) is 0 Å². The third-order valence-electron chi connectivity index (χ3n) is 4.17. The predicted octanol–water partition coefficient (Wildman–Crippen LogP) is 2.42. The smallest absolute Gasteiger partial charge is 0.253 e. The number of hydrogen-bond donors (Lipinski definition) is 1. The average molecular weight is 374 g/mol. The van der Waals surface area contributed by atoms with E-state index in [-0.39, 0.29) is 30.1 Å². The van der Waals surface area contributed by atoms with Crippen LogP contribution < -0.4 is 5.73 Å². The van der Waals surface area contributed by atoms with Crippen LogP contribution in [0.3, 0.4) is 0 Å². The molecule has 0 radical (unpaired) electrons. The quantitative estimate of drug-likeness (QED) is 0.884. The molecule has 24 heavy (non-hydrogen) atoms. The van der Waals surface area contributed by atoms with Crippen molar-refractivity contribution in [2.24, 2.45) is 11.7 Å². The zero-order chi connectivity index (χ0) is 17.0. The van der Waals surface area contributed by atoms with Crippen LogP contribution in [0, 0.1) is 5.92 Å². The number of benzene rings is 1. The van der Waals surface area contributed by atoms with Crippen LogP contribution in [0.25, 0.3) is 0 Å². The third-order valence-corrected chi connectivity index (χ3v) is 4.40. The van der Waals surface area contributed by atoms with Crippen LogP contribution in [0.5, 0.6) is 0 Å². The Bertz CT molecular complexity index is 581. The summed E-state index contributed by atoms with van der Waals surface area (Å²) in [5.74, 6) is 0.0296. The van der Waals surface area contributed by atoms with Gasteiger partial charge < -0.3 is 15.5 Å². The van der Waals surface area contributed by atoms with Crippen LogP contribution in [0.4, 0.5) is 0 Å². The summed E-state index contributed by atoms with van der Waals surface area (Å²) in [5, 5.41) is 0.547. The Kier molecular flexibility index (Phi) is 8.00. The number of carbonyl (C=O) groups excluding carboxylic acids is 2. The standard InChI is InChI=1S/C17H24ClN3O2.ClH/c1-12(2)15(19)17(23)21-8-4-7-20(9-10-21)16(22)13-5-3-6-14(18)11-13;/h3,5-6,11-12,15H,4,7-10,19H2,1-2H3;1H. The number of carbonyl (C=O) groups is 2. The van der Waals surface area contributed by atoms with E-state index >= 15 is 0 Å². The fourth-order valence-corrected chi connectivity index (χ4v) is 2.83. The number of halogens is 2. The van der Waals surface area contributed by atoms with Crippen LogP contribution in [0.2, 0.25) is 5.02 Å². The Morgan fingerprint density at radius 2 is 1.75 bits per heavy atom. The maximum atomic E-state index is 12.6. The molecule has 1 fully saturated rings. The molecule has 1 heterocycles. The van der Waals surface area contributed by atoms with E-state index in [1.807, 2.05) is 13.8 Å². The molecule has 2 amide bonds. The summed E-state index contributed by atoms with van der Waals surface area (Å²) < 4.78 is 0. The van der Waals surface area contributed by atoms with E-state index in [0.29, 0.717) is 36.8 Å². The molecular formula is C17H25Cl2N3O2. The van der Waals surface area contributed by atoms with Crippen LogP contribution in [0.1, 0.15) is 30.6 Å². The second-order valence-corrected chi connectivity index (χ2v) is 6.69. The van der Waals surface area contributed by atoms with Gasteiger partial charge in [-0.2, -0.15) is 0 Å². The molecule has 1 aromatic rings. The van der Waals surface area contributed by atoms with E-state index in [9.17, 15) is 9.59 Å². The lowest BCUT2D eigenvalue weighted by atomic mass is 10.0. The SMILES string of the molecule is CC(C)C(N)C(=O)N1CCCN(C(=O)c2cccc(Cl)c2)CC1.Cl. The minimum Gasteiger partial charge on any atom is -0.340 e. The molecule has 1 aliphatic heterocycles. The van der Waals surface area contributed by atoms with Crippen LogP contribution >= 0.6 is 24.0 Å². The summed E-state index contributed by atoms with van der Waals surface area (Å²) in [7, 11) is 0. The van der Waals surface area contributed by atoms with Crippen LogP contribution in [-0.2, 0) is 4.79 Å². The summed E-state index contributed by atoms with van der Waals surface area (Å²) >= 11 is 5.95. The molecule has 7 heteroatoms. The molecule has 134 valence electrons. The molecule has 0 saturated carbocycles. The molecular weight excluding hydrogens is 349 g/mol. The van der Waals surface area contributed by atoms with Crippen molar-refractivity contribution in [1.82, 2.24) is 9.80 Å². The lowest BCUT2D eigenvalue weighted by Crippen LogP contribution is -2.47. The van der Waals surface area contributed by atoms with Crippen molar-refractivity contribution in [1.29, 1.82) is 0 Å². The lowest BCUT2D eigenvalue weighted by Gasteiger charge is -2.26. The van der Waals surface area contributed by atoms with E-state index in [4.69, 9.17) is 17.3 Å². The van der Waals surface area contributed by atoms with E-state index < -0.39 is 6.04 Å². The molecule has 1 aliphatic rings. The van der Waals surface area contributed by atoms with Crippen molar-refractivity contribution >= 4 is 35.8 Å². The van der Waals surface area contributed by atoms with Crippen LogP contribution in [-0.4, -0.2) is 53.8 Å². The van der Waals surface area contributed by atoms with Crippen molar-refractivity contribution in [3.05, 3.63) is 34.9 Å². The van der Waals surface area contributed by atoms with Gasteiger partial charge in [0, 0.05) is 36.8 Å².